The zero-order chi connectivity index (χ0) is 16.9. The lowest BCUT2D eigenvalue weighted by Crippen LogP contribution is -2.24. The van der Waals surface area contributed by atoms with Crippen LogP contribution in [0.2, 0.25) is 5.02 Å². The average Bonchev–Trinajstić information content (AvgIpc) is 3.02. The number of halogens is 1. The molecule has 0 saturated carbocycles. The predicted molar refractivity (Wildman–Crippen MR) is 95.0 cm³/mol. The van der Waals surface area contributed by atoms with E-state index in [1.165, 1.54) is 0 Å². The van der Waals surface area contributed by atoms with Crippen molar-refractivity contribution in [3.63, 3.8) is 0 Å². The molecular weight excluding hydrogens is 326 g/mol. The van der Waals surface area contributed by atoms with Crippen LogP contribution in [0.25, 0.3) is 0 Å². The van der Waals surface area contributed by atoms with E-state index in [4.69, 9.17) is 11.6 Å². The Bertz CT molecular complexity index is 749. The molecule has 3 N–H and O–H groups in total. The molecule has 1 fully saturated rings. The number of amides is 2. The summed E-state index contributed by atoms with van der Waals surface area (Å²) in [5.74, 6) is -0.588. The summed E-state index contributed by atoms with van der Waals surface area (Å²) < 4.78 is 0. The molecule has 1 aliphatic heterocycles. The Morgan fingerprint density at radius 3 is 2.67 bits per heavy atom. The number of rotatable bonds is 5. The van der Waals surface area contributed by atoms with Gasteiger partial charge in [0.15, 0.2) is 0 Å². The molecule has 3 rings (SSSR count). The van der Waals surface area contributed by atoms with E-state index in [-0.39, 0.29) is 24.2 Å². The van der Waals surface area contributed by atoms with Gasteiger partial charge in [0.1, 0.15) is 0 Å². The third-order valence-corrected chi connectivity index (χ3v) is 4.22. The van der Waals surface area contributed by atoms with Gasteiger partial charge in [-0.25, -0.2) is 0 Å². The van der Waals surface area contributed by atoms with Crippen molar-refractivity contribution in [2.24, 2.45) is 5.92 Å². The lowest BCUT2D eigenvalue weighted by Gasteiger charge is -2.12. The summed E-state index contributed by atoms with van der Waals surface area (Å²) in [4.78, 5) is 23.3. The molecule has 0 radical (unpaired) electrons. The maximum absolute atomic E-state index is 12.1. The van der Waals surface area contributed by atoms with Gasteiger partial charge in [0.25, 0.3) is 0 Å². The molecule has 5 nitrogen and oxygen atoms in total. The van der Waals surface area contributed by atoms with E-state index in [9.17, 15) is 9.59 Å². The first-order valence-corrected chi connectivity index (χ1v) is 8.14. The molecule has 2 aromatic rings. The number of carbonyl (C=O) groups is 2. The van der Waals surface area contributed by atoms with Crippen LogP contribution < -0.4 is 16.0 Å². The second kappa shape index (κ2) is 7.36. The summed E-state index contributed by atoms with van der Waals surface area (Å²) in [7, 11) is 0. The Morgan fingerprint density at radius 1 is 1.21 bits per heavy atom. The Kier molecular flexibility index (Phi) is 5.01. The van der Waals surface area contributed by atoms with E-state index in [1.807, 2.05) is 36.4 Å². The standard InChI is InChI=1S/C18H18ClN3O2/c19-15-9-14(22-18(24)13-8-17(23)21-11-13)6-7-16(15)20-10-12-4-2-1-3-5-12/h1-7,9,13,20H,8,10-11H2,(H,21,23)(H,22,24). The molecule has 1 atom stereocenters. The molecular formula is C18H18ClN3O2. The van der Waals surface area contributed by atoms with Crippen molar-refractivity contribution in [3.8, 4) is 0 Å². The van der Waals surface area contributed by atoms with Gasteiger partial charge in [-0.1, -0.05) is 41.9 Å². The van der Waals surface area contributed by atoms with Crippen LogP contribution in [0, 0.1) is 5.92 Å². The molecule has 0 aromatic heterocycles. The Balaban J connectivity index is 1.60. The smallest absolute Gasteiger partial charge is 0.229 e. The molecule has 24 heavy (non-hydrogen) atoms. The minimum atomic E-state index is -0.327. The largest absolute Gasteiger partial charge is 0.380 e. The fourth-order valence-corrected chi connectivity index (χ4v) is 2.81. The maximum Gasteiger partial charge on any atom is 0.229 e. The van der Waals surface area contributed by atoms with Gasteiger partial charge in [-0.15, -0.1) is 0 Å². The molecule has 0 aliphatic carbocycles. The molecule has 1 heterocycles. The molecule has 0 spiro atoms. The highest BCUT2D eigenvalue weighted by molar-refractivity contribution is 6.33. The summed E-state index contributed by atoms with van der Waals surface area (Å²) in [6, 6.07) is 15.3. The van der Waals surface area contributed by atoms with Crippen molar-refractivity contribution in [1.29, 1.82) is 0 Å². The Hall–Kier alpha value is -2.53. The number of benzene rings is 2. The second-order valence-electron chi connectivity index (χ2n) is 5.73. The van der Waals surface area contributed by atoms with Crippen LogP contribution in [0.4, 0.5) is 11.4 Å². The van der Waals surface area contributed by atoms with E-state index in [0.29, 0.717) is 23.8 Å². The molecule has 1 saturated heterocycles. The summed E-state index contributed by atoms with van der Waals surface area (Å²) in [5.41, 5.74) is 2.58. The maximum atomic E-state index is 12.1. The van der Waals surface area contributed by atoms with Gasteiger partial charge in [0.2, 0.25) is 11.8 Å². The van der Waals surface area contributed by atoms with Crippen molar-refractivity contribution in [2.75, 3.05) is 17.2 Å². The topological polar surface area (TPSA) is 70.2 Å². The molecule has 124 valence electrons. The van der Waals surface area contributed by atoms with Gasteiger partial charge in [-0.05, 0) is 23.8 Å². The third kappa shape index (κ3) is 4.06. The monoisotopic (exact) mass is 343 g/mol. The number of nitrogens with one attached hydrogen (secondary N) is 3. The average molecular weight is 344 g/mol. The van der Waals surface area contributed by atoms with Crippen molar-refractivity contribution in [2.45, 2.75) is 13.0 Å². The van der Waals surface area contributed by atoms with Gasteiger partial charge in [-0.3, -0.25) is 9.59 Å². The molecule has 0 bridgehead atoms. The number of hydrogen-bond acceptors (Lipinski definition) is 3. The van der Waals surface area contributed by atoms with Gasteiger partial charge in [0.05, 0.1) is 16.6 Å². The summed E-state index contributed by atoms with van der Waals surface area (Å²) in [6.07, 6.45) is 0.232. The Labute approximate surface area is 145 Å². The van der Waals surface area contributed by atoms with Crippen LogP contribution >= 0.6 is 11.6 Å². The number of hydrogen-bond donors (Lipinski definition) is 3. The zero-order valence-electron chi connectivity index (χ0n) is 13.0. The molecule has 2 aromatic carbocycles. The highest BCUT2D eigenvalue weighted by atomic mass is 35.5. The molecule has 6 heteroatoms. The highest BCUT2D eigenvalue weighted by Gasteiger charge is 2.27. The first kappa shape index (κ1) is 16.3. The lowest BCUT2D eigenvalue weighted by molar-refractivity contribution is -0.123. The van der Waals surface area contributed by atoms with E-state index in [2.05, 4.69) is 16.0 Å². The van der Waals surface area contributed by atoms with E-state index >= 15 is 0 Å². The van der Waals surface area contributed by atoms with E-state index < -0.39 is 0 Å². The predicted octanol–water partition coefficient (Wildman–Crippen LogP) is 3.03. The fourth-order valence-electron chi connectivity index (χ4n) is 2.56. The van der Waals surface area contributed by atoms with Crippen LogP contribution in [0.1, 0.15) is 12.0 Å². The first-order chi connectivity index (χ1) is 11.6. The number of carbonyl (C=O) groups excluding carboxylic acids is 2. The summed E-state index contributed by atoms with van der Waals surface area (Å²) in [6.45, 7) is 1.05. The first-order valence-electron chi connectivity index (χ1n) is 7.77. The van der Waals surface area contributed by atoms with Gasteiger partial charge < -0.3 is 16.0 Å². The normalized spacial score (nSPS) is 16.5. The van der Waals surface area contributed by atoms with Gasteiger partial charge in [0, 0.05) is 25.2 Å². The van der Waals surface area contributed by atoms with Crippen molar-refractivity contribution < 1.29 is 9.59 Å². The van der Waals surface area contributed by atoms with Crippen molar-refractivity contribution >= 4 is 34.8 Å². The van der Waals surface area contributed by atoms with Crippen LogP contribution in [-0.2, 0) is 16.1 Å². The third-order valence-electron chi connectivity index (χ3n) is 3.91. The minimum Gasteiger partial charge on any atom is -0.380 e. The summed E-state index contributed by atoms with van der Waals surface area (Å²) in [5, 5.41) is 9.26. The summed E-state index contributed by atoms with van der Waals surface area (Å²) >= 11 is 6.28. The molecule has 1 unspecified atom stereocenters. The van der Waals surface area contributed by atoms with Crippen molar-refractivity contribution in [1.82, 2.24) is 5.32 Å². The minimum absolute atomic E-state index is 0.0892. The van der Waals surface area contributed by atoms with E-state index in [1.54, 1.807) is 12.1 Å². The zero-order valence-corrected chi connectivity index (χ0v) is 13.8. The lowest BCUT2D eigenvalue weighted by atomic mass is 10.1. The Morgan fingerprint density at radius 2 is 2.00 bits per heavy atom. The SMILES string of the molecule is O=C1CC(C(=O)Nc2ccc(NCc3ccccc3)c(Cl)c2)CN1. The van der Waals surface area contributed by atoms with Crippen molar-refractivity contribution in [3.05, 3.63) is 59.1 Å². The number of anilines is 2. The second-order valence-corrected chi connectivity index (χ2v) is 6.14. The van der Waals surface area contributed by atoms with E-state index in [0.717, 1.165) is 11.3 Å². The van der Waals surface area contributed by atoms with Crippen LogP contribution in [0.15, 0.2) is 48.5 Å². The van der Waals surface area contributed by atoms with Crippen LogP contribution in [-0.4, -0.2) is 18.4 Å². The molecule has 1 aliphatic rings. The highest BCUT2D eigenvalue weighted by Crippen LogP contribution is 2.26. The van der Waals surface area contributed by atoms with Gasteiger partial charge >= 0.3 is 0 Å². The van der Waals surface area contributed by atoms with Gasteiger partial charge in [-0.2, -0.15) is 0 Å². The quantitative estimate of drug-likeness (QED) is 0.781. The fraction of sp³-hybridized carbons (Fsp3) is 0.222. The van der Waals surface area contributed by atoms with Crippen LogP contribution in [0.5, 0.6) is 0 Å². The van der Waals surface area contributed by atoms with Crippen LogP contribution in [0.3, 0.4) is 0 Å². The molecule has 2 amide bonds.